The number of ether oxygens (including phenoxy) is 1. The summed E-state index contributed by atoms with van der Waals surface area (Å²) in [5, 5.41) is 12.9. The number of aryl methyl sites for hydroxylation is 1. The summed E-state index contributed by atoms with van der Waals surface area (Å²) in [5.41, 5.74) is 6.79. The van der Waals surface area contributed by atoms with Gasteiger partial charge in [0.2, 0.25) is 18.2 Å². The van der Waals surface area contributed by atoms with Crippen molar-refractivity contribution in [2.45, 2.75) is 39.2 Å². The molecular formula is C38H43N9O3. The van der Waals surface area contributed by atoms with Crippen LogP contribution in [0.4, 0.5) is 5.69 Å². The number of benzene rings is 2. The van der Waals surface area contributed by atoms with Gasteiger partial charge >= 0.3 is 0 Å². The molecule has 7 rings (SSSR count). The number of nitrogens with one attached hydrogen (secondary N) is 1. The van der Waals surface area contributed by atoms with Crippen molar-refractivity contribution in [3.05, 3.63) is 78.8 Å². The van der Waals surface area contributed by atoms with Crippen LogP contribution in [0, 0.1) is 5.92 Å². The van der Waals surface area contributed by atoms with E-state index in [1.807, 2.05) is 56.1 Å². The number of hydrogen-bond acceptors (Lipinski definition) is 8. The number of likely N-dealkylation sites (tertiary alicyclic amines) is 1. The highest BCUT2D eigenvalue weighted by Crippen LogP contribution is 2.31. The molecule has 5 heterocycles. The number of amides is 2. The van der Waals surface area contributed by atoms with E-state index >= 15 is 0 Å². The van der Waals surface area contributed by atoms with Crippen molar-refractivity contribution in [3.8, 4) is 28.5 Å². The van der Waals surface area contributed by atoms with Crippen LogP contribution in [0.25, 0.3) is 39.1 Å². The Hall–Kier alpha value is -5.36. The molecule has 12 nitrogen and oxygen atoms in total. The Balaban J connectivity index is 0.900. The number of hydrogen-bond donors (Lipinski definition) is 1. The van der Waals surface area contributed by atoms with Gasteiger partial charge in [0, 0.05) is 67.7 Å². The van der Waals surface area contributed by atoms with Crippen LogP contribution >= 0.6 is 0 Å². The molecule has 258 valence electrons. The summed E-state index contributed by atoms with van der Waals surface area (Å²) >= 11 is 0. The van der Waals surface area contributed by atoms with Gasteiger partial charge in [0.25, 0.3) is 0 Å². The molecule has 2 aromatic carbocycles. The lowest BCUT2D eigenvalue weighted by molar-refractivity contribution is -0.131. The van der Waals surface area contributed by atoms with Crippen LogP contribution in [0.5, 0.6) is 5.88 Å². The first-order valence-corrected chi connectivity index (χ1v) is 17.3. The molecule has 3 aromatic heterocycles. The third-order valence-corrected chi connectivity index (χ3v) is 9.55. The molecule has 2 amide bonds. The van der Waals surface area contributed by atoms with Crippen molar-refractivity contribution in [3.63, 3.8) is 0 Å². The lowest BCUT2D eigenvalue weighted by Crippen LogP contribution is -2.41. The van der Waals surface area contributed by atoms with Gasteiger partial charge in [0.1, 0.15) is 12.0 Å². The molecule has 1 atom stereocenters. The molecule has 1 N–H and O–H groups in total. The van der Waals surface area contributed by atoms with Crippen LogP contribution in [0.15, 0.2) is 73.2 Å². The van der Waals surface area contributed by atoms with Crippen LogP contribution < -0.4 is 9.64 Å². The molecule has 0 aliphatic carbocycles. The van der Waals surface area contributed by atoms with Crippen LogP contribution in [0.2, 0.25) is 0 Å². The highest BCUT2D eigenvalue weighted by Gasteiger charge is 2.27. The predicted octanol–water partition coefficient (Wildman–Crippen LogP) is 5.20. The van der Waals surface area contributed by atoms with E-state index in [1.54, 1.807) is 22.1 Å². The van der Waals surface area contributed by atoms with Crippen molar-refractivity contribution in [2.24, 2.45) is 13.0 Å². The summed E-state index contributed by atoms with van der Waals surface area (Å²) in [6, 6.07) is 18.0. The fourth-order valence-electron chi connectivity index (χ4n) is 6.84. The van der Waals surface area contributed by atoms with E-state index in [9.17, 15) is 9.59 Å². The molecule has 12 heteroatoms. The molecular weight excluding hydrogens is 630 g/mol. The first-order valence-electron chi connectivity index (χ1n) is 17.3. The zero-order valence-electron chi connectivity index (χ0n) is 28.8. The standard InChI is InChI=1S/C38H43N9O3/c1-26(2)50-35-11-8-31(21-39-35)37-33-20-32(9-10-34(33)41-42-37)47(25-48)17-13-27-12-16-45(22-27)23-36(49)46-18-14-29(15-19-46)28-4-6-30(7-5-28)38-40-24-44(3)43-38/h4-11,14,20-21,24-27H,12-13,15-19,22-23H2,1-3H3,(H,41,42)/t27-/m0/s1. The average molecular weight is 674 g/mol. The van der Waals surface area contributed by atoms with E-state index in [2.05, 4.69) is 60.5 Å². The minimum atomic E-state index is 0.0468. The molecule has 0 radical (unpaired) electrons. The van der Waals surface area contributed by atoms with Gasteiger partial charge in [-0.25, -0.2) is 9.97 Å². The van der Waals surface area contributed by atoms with E-state index in [0.29, 0.717) is 37.3 Å². The van der Waals surface area contributed by atoms with Crippen molar-refractivity contribution in [1.82, 2.24) is 39.7 Å². The highest BCUT2D eigenvalue weighted by atomic mass is 16.5. The number of anilines is 1. The molecule has 0 spiro atoms. The largest absolute Gasteiger partial charge is 0.475 e. The second-order valence-corrected chi connectivity index (χ2v) is 13.5. The maximum absolute atomic E-state index is 13.2. The Kier molecular flexibility index (Phi) is 9.70. The number of pyridine rings is 1. The zero-order valence-corrected chi connectivity index (χ0v) is 28.8. The van der Waals surface area contributed by atoms with Crippen LogP contribution in [0.3, 0.4) is 0 Å². The van der Waals surface area contributed by atoms with Gasteiger partial charge in [-0.05, 0) is 81.0 Å². The monoisotopic (exact) mass is 673 g/mol. The Bertz CT molecular complexity index is 1980. The molecule has 0 saturated carbocycles. The van der Waals surface area contributed by atoms with Crippen LogP contribution in [0.1, 0.15) is 38.7 Å². The van der Waals surface area contributed by atoms with E-state index in [0.717, 1.165) is 78.7 Å². The molecule has 5 aromatic rings. The summed E-state index contributed by atoms with van der Waals surface area (Å²) < 4.78 is 7.38. The molecule has 2 aliphatic heterocycles. The van der Waals surface area contributed by atoms with Crippen molar-refractivity contribution in [2.75, 3.05) is 44.2 Å². The van der Waals surface area contributed by atoms with Gasteiger partial charge in [0.15, 0.2) is 5.82 Å². The Labute approximate surface area is 291 Å². The minimum absolute atomic E-state index is 0.0468. The molecule has 0 unspecified atom stereocenters. The van der Waals surface area contributed by atoms with E-state index in [1.165, 1.54) is 11.1 Å². The number of H-pyrrole nitrogens is 1. The molecule has 1 saturated heterocycles. The maximum atomic E-state index is 13.2. The van der Waals surface area contributed by atoms with Gasteiger partial charge in [-0.15, -0.1) is 0 Å². The lowest BCUT2D eigenvalue weighted by Gasteiger charge is -2.28. The van der Waals surface area contributed by atoms with Crippen molar-refractivity contribution >= 4 is 34.5 Å². The van der Waals surface area contributed by atoms with Gasteiger partial charge in [-0.2, -0.15) is 10.2 Å². The van der Waals surface area contributed by atoms with E-state index in [4.69, 9.17) is 4.74 Å². The minimum Gasteiger partial charge on any atom is -0.475 e. The zero-order chi connectivity index (χ0) is 34.6. The number of carbonyl (C=O) groups excluding carboxylic acids is 2. The summed E-state index contributed by atoms with van der Waals surface area (Å²) in [6.07, 6.45) is 9.30. The number of fused-ring (bicyclic) bond motifs is 1. The van der Waals surface area contributed by atoms with Gasteiger partial charge in [-0.3, -0.25) is 24.3 Å². The Morgan fingerprint density at radius 1 is 1.06 bits per heavy atom. The Morgan fingerprint density at radius 3 is 2.58 bits per heavy atom. The fourth-order valence-corrected chi connectivity index (χ4v) is 6.84. The number of aromatic nitrogens is 6. The second kappa shape index (κ2) is 14.6. The lowest BCUT2D eigenvalue weighted by atomic mass is 9.98. The summed E-state index contributed by atoms with van der Waals surface area (Å²) in [4.78, 5) is 40.2. The van der Waals surface area contributed by atoms with Gasteiger partial charge in [0.05, 0.1) is 18.2 Å². The van der Waals surface area contributed by atoms with E-state index in [-0.39, 0.29) is 12.0 Å². The summed E-state index contributed by atoms with van der Waals surface area (Å²) in [6.45, 7) is 8.07. The van der Waals surface area contributed by atoms with Crippen LogP contribution in [-0.4, -0.2) is 97.4 Å². The number of nitrogens with zero attached hydrogens (tertiary/aromatic N) is 8. The maximum Gasteiger partial charge on any atom is 0.237 e. The SMILES string of the molecule is CC(C)Oc1ccc(-c2n[nH]c3ccc(N(C=O)CC[C@@H]4CCN(CC(=O)N5CC=C(c6ccc(-c7ncn(C)n7)cc6)CC5)C4)cc23)cn1. The number of aromatic amines is 1. The van der Waals surface area contributed by atoms with Crippen molar-refractivity contribution in [1.29, 1.82) is 0 Å². The molecule has 1 fully saturated rings. The van der Waals surface area contributed by atoms with Gasteiger partial charge in [-0.1, -0.05) is 30.3 Å². The third kappa shape index (κ3) is 7.45. The van der Waals surface area contributed by atoms with E-state index < -0.39 is 0 Å². The summed E-state index contributed by atoms with van der Waals surface area (Å²) in [7, 11) is 1.86. The predicted molar refractivity (Wildman–Crippen MR) is 193 cm³/mol. The quantitative estimate of drug-likeness (QED) is 0.179. The van der Waals surface area contributed by atoms with Gasteiger partial charge < -0.3 is 14.5 Å². The number of rotatable bonds is 12. The fraction of sp³-hybridized carbons (Fsp3) is 0.368. The highest BCUT2D eigenvalue weighted by molar-refractivity contribution is 5.96. The normalized spacial score (nSPS) is 16.6. The smallest absolute Gasteiger partial charge is 0.237 e. The third-order valence-electron chi connectivity index (χ3n) is 9.55. The van der Waals surface area contributed by atoms with Crippen molar-refractivity contribution < 1.29 is 14.3 Å². The second-order valence-electron chi connectivity index (χ2n) is 13.5. The Morgan fingerprint density at radius 2 is 1.88 bits per heavy atom. The first kappa shape index (κ1) is 33.2. The topological polar surface area (TPSA) is 125 Å². The summed E-state index contributed by atoms with van der Waals surface area (Å²) in [5.74, 6) is 1.89. The molecule has 2 aliphatic rings. The molecule has 50 heavy (non-hydrogen) atoms. The molecule has 0 bridgehead atoms. The number of carbonyl (C=O) groups is 2. The average Bonchev–Trinajstić information content (AvgIpc) is 3.89. The van der Waals surface area contributed by atoms with Crippen LogP contribution in [-0.2, 0) is 16.6 Å². The first-order chi connectivity index (χ1) is 24.3.